The highest BCUT2D eigenvalue weighted by molar-refractivity contribution is 5.80. The fourth-order valence-electron chi connectivity index (χ4n) is 4.44. The molecule has 1 spiro atoms. The third kappa shape index (κ3) is 3.75. The predicted molar refractivity (Wildman–Crippen MR) is 101 cm³/mol. The van der Waals surface area contributed by atoms with E-state index in [1.54, 1.807) is 0 Å². The van der Waals surface area contributed by atoms with E-state index in [4.69, 9.17) is 0 Å². The Hall–Kier alpha value is -1.55. The summed E-state index contributed by atoms with van der Waals surface area (Å²) in [5.41, 5.74) is 1.93. The van der Waals surface area contributed by atoms with Gasteiger partial charge in [0.15, 0.2) is 5.96 Å². The number of nitrogens with zero attached hydrogens (tertiary/aromatic N) is 3. The standard InChI is InChI=1S/C20H32N4/c1-21-19(24-14-13-20(16-24)11-7-8-12-20)22-15-18(23(2)3)17-9-5-4-6-10-17/h4-6,9-10,18H,7-8,11-16H2,1-3H3,(H,21,22). The lowest BCUT2D eigenvalue weighted by Gasteiger charge is -2.29. The first-order valence-corrected chi connectivity index (χ1v) is 9.30. The summed E-state index contributed by atoms with van der Waals surface area (Å²) in [5.74, 6) is 1.07. The van der Waals surface area contributed by atoms with Crippen LogP contribution in [-0.4, -0.2) is 56.5 Å². The molecule has 4 nitrogen and oxygen atoms in total. The van der Waals surface area contributed by atoms with Crippen LogP contribution in [-0.2, 0) is 0 Å². The molecule has 1 atom stereocenters. The van der Waals surface area contributed by atoms with Crippen molar-refractivity contribution in [1.82, 2.24) is 15.1 Å². The summed E-state index contributed by atoms with van der Waals surface area (Å²) in [6.07, 6.45) is 6.98. The van der Waals surface area contributed by atoms with Gasteiger partial charge in [-0.05, 0) is 44.3 Å². The van der Waals surface area contributed by atoms with Crippen molar-refractivity contribution in [3.63, 3.8) is 0 Å². The van der Waals surface area contributed by atoms with Gasteiger partial charge in [-0.1, -0.05) is 43.2 Å². The molecule has 0 radical (unpaired) electrons. The van der Waals surface area contributed by atoms with Gasteiger partial charge < -0.3 is 15.1 Å². The zero-order valence-electron chi connectivity index (χ0n) is 15.5. The minimum absolute atomic E-state index is 0.353. The van der Waals surface area contributed by atoms with Gasteiger partial charge in [0.05, 0.1) is 6.04 Å². The summed E-state index contributed by atoms with van der Waals surface area (Å²) in [6.45, 7) is 3.22. The van der Waals surface area contributed by atoms with Gasteiger partial charge in [-0.15, -0.1) is 0 Å². The van der Waals surface area contributed by atoms with Crippen molar-refractivity contribution < 1.29 is 0 Å². The average Bonchev–Trinajstić information content (AvgIpc) is 3.22. The first kappa shape index (κ1) is 17.3. The molecule has 24 heavy (non-hydrogen) atoms. The van der Waals surface area contributed by atoms with Gasteiger partial charge >= 0.3 is 0 Å². The molecule has 1 unspecified atom stereocenters. The molecule has 2 aliphatic rings. The number of hydrogen-bond donors (Lipinski definition) is 1. The van der Waals surface area contributed by atoms with Crippen LogP contribution in [0.25, 0.3) is 0 Å². The molecule has 4 heteroatoms. The molecule has 1 aliphatic heterocycles. The van der Waals surface area contributed by atoms with Crippen LogP contribution in [0.3, 0.4) is 0 Å². The Morgan fingerprint density at radius 1 is 1.21 bits per heavy atom. The number of aliphatic imine (C=N–C) groups is 1. The number of guanidine groups is 1. The maximum absolute atomic E-state index is 4.56. The van der Waals surface area contributed by atoms with E-state index in [-0.39, 0.29) is 0 Å². The van der Waals surface area contributed by atoms with Crippen molar-refractivity contribution >= 4 is 5.96 Å². The maximum Gasteiger partial charge on any atom is 0.193 e. The fraction of sp³-hybridized carbons (Fsp3) is 0.650. The second kappa shape index (κ2) is 7.56. The van der Waals surface area contributed by atoms with Crippen molar-refractivity contribution in [3.05, 3.63) is 35.9 Å². The molecule has 0 aromatic heterocycles. The molecule has 1 heterocycles. The molecule has 132 valence electrons. The SMILES string of the molecule is CN=C(NCC(c1ccccc1)N(C)C)N1CCC2(CCCC2)C1. The first-order valence-electron chi connectivity index (χ1n) is 9.30. The normalized spacial score (nSPS) is 21.7. The van der Waals surface area contributed by atoms with E-state index in [2.05, 4.69) is 64.5 Å². The van der Waals surface area contributed by atoms with Crippen LogP contribution in [0.2, 0.25) is 0 Å². The molecule has 1 aliphatic carbocycles. The molecule has 1 saturated heterocycles. The van der Waals surface area contributed by atoms with E-state index in [1.165, 1.54) is 44.2 Å². The second-order valence-corrected chi connectivity index (χ2v) is 7.70. The molecular formula is C20H32N4. The summed E-state index contributed by atoms with van der Waals surface area (Å²) in [7, 11) is 6.20. The molecule has 3 rings (SSSR count). The molecule has 1 N–H and O–H groups in total. The van der Waals surface area contributed by atoms with Crippen molar-refractivity contribution in [2.75, 3.05) is 40.8 Å². The maximum atomic E-state index is 4.56. The topological polar surface area (TPSA) is 30.9 Å². The Labute approximate surface area is 146 Å². The van der Waals surface area contributed by atoms with E-state index >= 15 is 0 Å². The van der Waals surface area contributed by atoms with E-state index in [0.717, 1.165) is 19.0 Å². The van der Waals surface area contributed by atoms with Crippen LogP contribution < -0.4 is 5.32 Å². The molecular weight excluding hydrogens is 296 g/mol. The minimum Gasteiger partial charge on any atom is -0.354 e. The molecule has 2 fully saturated rings. The Morgan fingerprint density at radius 3 is 2.54 bits per heavy atom. The molecule has 1 saturated carbocycles. The van der Waals surface area contributed by atoms with E-state index in [1.807, 2.05) is 7.05 Å². The van der Waals surface area contributed by atoms with Crippen molar-refractivity contribution in [1.29, 1.82) is 0 Å². The van der Waals surface area contributed by atoms with E-state index in [9.17, 15) is 0 Å². The van der Waals surface area contributed by atoms with E-state index in [0.29, 0.717) is 11.5 Å². The molecule has 0 amide bonds. The zero-order valence-corrected chi connectivity index (χ0v) is 15.5. The summed E-state index contributed by atoms with van der Waals surface area (Å²) < 4.78 is 0. The van der Waals surface area contributed by atoms with Crippen molar-refractivity contribution in [2.45, 2.75) is 38.1 Å². The van der Waals surface area contributed by atoms with Crippen LogP contribution in [0.1, 0.15) is 43.7 Å². The second-order valence-electron chi connectivity index (χ2n) is 7.70. The van der Waals surface area contributed by atoms with Crippen LogP contribution >= 0.6 is 0 Å². The Kier molecular flexibility index (Phi) is 5.44. The van der Waals surface area contributed by atoms with Gasteiger partial charge in [0.1, 0.15) is 0 Å². The Balaban J connectivity index is 1.61. The van der Waals surface area contributed by atoms with Crippen LogP contribution in [0.4, 0.5) is 0 Å². The first-order chi connectivity index (χ1) is 11.6. The Bertz CT molecular complexity index is 546. The number of rotatable bonds is 4. The number of likely N-dealkylation sites (tertiary alicyclic amines) is 1. The van der Waals surface area contributed by atoms with Gasteiger partial charge in [0.2, 0.25) is 0 Å². The van der Waals surface area contributed by atoms with Crippen molar-refractivity contribution in [3.8, 4) is 0 Å². The van der Waals surface area contributed by atoms with Gasteiger partial charge in [-0.3, -0.25) is 4.99 Å². The predicted octanol–water partition coefficient (Wildman–Crippen LogP) is 3.13. The lowest BCUT2D eigenvalue weighted by Crippen LogP contribution is -2.44. The number of likely N-dealkylation sites (N-methyl/N-ethyl adjacent to an activating group) is 1. The summed E-state index contributed by atoms with van der Waals surface area (Å²) in [6, 6.07) is 11.1. The minimum atomic E-state index is 0.353. The smallest absolute Gasteiger partial charge is 0.193 e. The highest BCUT2D eigenvalue weighted by Gasteiger charge is 2.41. The highest BCUT2D eigenvalue weighted by atomic mass is 15.3. The number of nitrogens with one attached hydrogen (secondary N) is 1. The summed E-state index contributed by atoms with van der Waals surface area (Å²) in [4.78, 5) is 9.31. The number of hydrogen-bond acceptors (Lipinski definition) is 2. The average molecular weight is 329 g/mol. The lowest BCUT2D eigenvalue weighted by molar-refractivity contribution is 0.290. The van der Waals surface area contributed by atoms with Crippen LogP contribution in [0.15, 0.2) is 35.3 Å². The summed E-state index contributed by atoms with van der Waals surface area (Å²) in [5, 5.41) is 3.63. The molecule has 1 aromatic carbocycles. The highest BCUT2D eigenvalue weighted by Crippen LogP contribution is 2.45. The summed E-state index contributed by atoms with van der Waals surface area (Å²) >= 11 is 0. The quantitative estimate of drug-likeness (QED) is 0.680. The van der Waals surface area contributed by atoms with Gasteiger partial charge in [0, 0.05) is 26.7 Å². The third-order valence-electron chi connectivity index (χ3n) is 5.88. The van der Waals surface area contributed by atoms with Crippen LogP contribution in [0.5, 0.6) is 0 Å². The molecule has 1 aromatic rings. The largest absolute Gasteiger partial charge is 0.354 e. The fourth-order valence-corrected chi connectivity index (χ4v) is 4.44. The zero-order chi connectivity index (χ0) is 17.0. The lowest BCUT2D eigenvalue weighted by atomic mass is 9.86. The van der Waals surface area contributed by atoms with Gasteiger partial charge in [-0.25, -0.2) is 0 Å². The third-order valence-corrected chi connectivity index (χ3v) is 5.88. The molecule has 0 bridgehead atoms. The van der Waals surface area contributed by atoms with Gasteiger partial charge in [-0.2, -0.15) is 0 Å². The van der Waals surface area contributed by atoms with Crippen LogP contribution in [0, 0.1) is 5.41 Å². The monoisotopic (exact) mass is 328 g/mol. The van der Waals surface area contributed by atoms with E-state index < -0.39 is 0 Å². The Morgan fingerprint density at radius 2 is 1.92 bits per heavy atom. The number of benzene rings is 1. The van der Waals surface area contributed by atoms with Crippen molar-refractivity contribution in [2.24, 2.45) is 10.4 Å². The van der Waals surface area contributed by atoms with Gasteiger partial charge in [0.25, 0.3) is 0 Å².